The molecule has 0 radical (unpaired) electrons. The van der Waals surface area contributed by atoms with Gasteiger partial charge in [0.05, 0.1) is 17.8 Å². The molecule has 34 heavy (non-hydrogen) atoms. The van der Waals surface area contributed by atoms with Crippen LogP contribution in [0.3, 0.4) is 0 Å². The molecule has 0 saturated carbocycles. The Balaban J connectivity index is 1.32. The van der Waals surface area contributed by atoms with Gasteiger partial charge in [-0.3, -0.25) is 9.69 Å². The van der Waals surface area contributed by atoms with Gasteiger partial charge in [-0.05, 0) is 48.7 Å². The molecular formula is C27H30N2O4S. The van der Waals surface area contributed by atoms with Crippen LogP contribution in [-0.2, 0) is 22.1 Å². The van der Waals surface area contributed by atoms with Crippen molar-refractivity contribution in [3.8, 4) is 5.75 Å². The Morgan fingerprint density at radius 1 is 0.971 bits per heavy atom. The predicted molar refractivity (Wildman–Crippen MR) is 133 cm³/mol. The molecule has 178 valence electrons. The van der Waals surface area contributed by atoms with E-state index in [1.54, 1.807) is 61.7 Å². The minimum absolute atomic E-state index is 0.0955. The first kappa shape index (κ1) is 24.0. The molecule has 0 aliphatic carbocycles. The molecule has 6 nitrogen and oxygen atoms in total. The van der Waals surface area contributed by atoms with Gasteiger partial charge in [-0.2, -0.15) is 0 Å². The molecule has 3 aromatic rings. The van der Waals surface area contributed by atoms with Crippen molar-refractivity contribution in [2.75, 3.05) is 20.2 Å². The van der Waals surface area contributed by atoms with Gasteiger partial charge in [-0.15, -0.1) is 0 Å². The van der Waals surface area contributed by atoms with Gasteiger partial charge in [0.2, 0.25) is 0 Å². The van der Waals surface area contributed by atoms with Crippen molar-refractivity contribution in [2.24, 2.45) is 0 Å². The average molecular weight is 479 g/mol. The SMILES string of the molecule is COc1ccccc1CN1CCC(NC(=O)c2cccc(CS(=O)(=O)c3ccccc3)c2)CC1. The maximum absolute atomic E-state index is 12.9. The van der Waals surface area contributed by atoms with E-state index >= 15 is 0 Å². The van der Waals surface area contributed by atoms with E-state index < -0.39 is 9.84 Å². The van der Waals surface area contributed by atoms with Gasteiger partial charge in [0.1, 0.15) is 5.75 Å². The number of benzene rings is 3. The van der Waals surface area contributed by atoms with Crippen LogP contribution in [0.1, 0.15) is 34.3 Å². The first-order valence-electron chi connectivity index (χ1n) is 11.5. The molecule has 1 amide bonds. The van der Waals surface area contributed by atoms with E-state index in [1.807, 2.05) is 18.2 Å². The second kappa shape index (κ2) is 10.8. The van der Waals surface area contributed by atoms with Crippen LogP contribution in [0.2, 0.25) is 0 Å². The summed E-state index contributed by atoms with van der Waals surface area (Å²) in [7, 11) is -1.78. The van der Waals surface area contributed by atoms with E-state index in [4.69, 9.17) is 4.74 Å². The Labute approximate surface area is 201 Å². The number of rotatable bonds is 8. The van der Waals surface area contributed by atoms with Crippen molar-refractivity contribution in [1.82, 2.24) is 10.2 Å². The fourth-order valence-corrected chi connectivity index (χ4v) is 5.67. The van der Waals surface area contributed by atoms with Crippen molar-refractivity contribution in [3.05, 3.63) is 95.6 Å². The summed E-state index contributed by atoms with van der Waals surface area (Å²) >= 11 is 0. The van der Waals surface area contributed by atoms with Crippen molar-refractivity contribution in [3.63, 3.8) is 0 Å². The lowest BCUT2D eigenvalue weighted by Crippen LogP contribution is -2.44. The molecule has 0 atom stereocenters. The van der Waals surface area contributed by atoms with Gasteiger partial charge < -0.3 is 10.1 Å². The molecule has 1 N–H and O–H groups in total. The normalized spacial score (nSPS) is 15.1. The highest BCUT2D eigenvalue weighted by molar-refractivity contribution is 7.90. The molecule has 0 spiro atoms. The molecule has 0 bridgehead atoms. The number of hydrogen-bond acceptors (Lipinski definition) is 5. The van der Waals surface area contributed by atoms with Gasteiger partial charge in [0.25, 0.3) is 5.91 Å². The standard InChI is InChI=1S/C27H30N2O4S/c1-33-26-13-6-5-9-23(26)19-29-16-14-24(15-17-29)28-27(30)22-10-7-8-21(18-22)20-34(31,32)25-11-3-2-4-12-25/h2-13,18,24H,14-17,19-20H2,1H3,(H,28,30). The number of hydrogen-bond donors (Lipinski definition) is 1. The molecule has 1 heterocycles. The number of methoxy groups -OCH3 is 1. The summed E-state index contributed by atoms with van der Waals surface area (Å²) in [5.74, 6) is 0.591. The predicted octanol–water partition coefficient (Wildman–Crippen LogP) is 4.06. The fraction of sp³-hybridized carbons (Fsp3) is 0.296. The quantitative estimate of drug-likeness (QED) is 0.528. The zero-order chi connectivity index (χ0) is 24.0. The summed E-state index contributed by atoms with van der Waals surface area (Å²) < 4.78 is 30.8. The molecular weight excluding hydrogens is 448 g/mol. The molecule has 7 heteroatoms. The molecule has 1 aliphatic rings. The number of nitrogens with one attached hydrogen (secondary N) is 1. The van der Waals surface area contributed by atoms with Gasteiger partial charge in [-0.25, -0.2) is 8.42 Å². The van der Waals surface area contributed by atoms with E-state index in [2.05, 4.69) is 16.3 Å². The Kier molecular flexibility index (Phi) is 7.65. The van der Waals surface area contributed by atoms with Crippen molar-refractivity contribution >= 4 is 15.7 Å². The number of para-hydroxylation sites is 1. The molecule has 0 unspecified atom stereocenters. The minimum Gasteiger partial charge on any atom is -0.496 e. The van der Waals surface area contributed by atoms with Crippen molar-refractivity contribution in [1.29, 1.82) is 0 Å². The highest BCUT2D eigenvalue weighted by Gasteiger charge is 2.22. The lowest BCUT2D eigenvalue weighted by atomic mass is 10.0. The van der Waals surface area contributed by atoms with Crippen molar-refractivity contribution < 1.29 is 17.9 Å². The highest BCUT2D eigenvalue weighted by atomic mass is 32.2. The summed E-state index contributed by atoms with van der Waals surface area (Å²) in [6.07, 6.45) is 1.73. The van der Waals surface area contributed by atoms with Crippen LogP contribution in [0, 0.1) is 0 Å². The van der Waals surface area contributed by atoms with E-state index in [0.29, 0.717) is 11.1 Å². The number of carbonyl (C=O) groups excluding carboxylic acids is 1. The Morgan fingerprint density at radius 3 is 2.41 bits per heavy atom. The third-order valence-corrected chi connectivity index (χ3v) is 7.86. The number of likely N-dealkylation sites (tertiary alicyclic amines) is 1. The molecule has 4 rings (SSSR count). The summed E-state index contributed by atoms with van der Waals surface area (Å²) in [4.78, 5) is 15.5. The minimum atomic E-state index is -3.47. The fourth-order valence-electron chi connectivity index (χ4n) is 4.31. The van der Waals surface area contributed by atoms with Crippen LogP contribution in [0.4, 0.5) is 0 Å². The van der Waals surface area contributed by atoms with Crippen LogP contribution >= 0.6 is 0 Å². The Hall–Kier alpha value is -3.16. The zero-order valence-electron chi connectivity index (χ0n) is 19.3. The van der Waals surface area contributed by atoms with Crippen LogP contribution in [0.25, 0.3) is 0 Å². The third-order valence-electron chi connectivity index (χ3n) is 6.16. The van der Waals surface area contributed by atoms with Crippen LogP contribution in [0.15, 0.2) is 83.8 Å². The second-order valence-corrected chi connectivity index (χ2v) is 10.6. The maximum atomic E-state index is 12.9. The smallest absolute Gasteiger partial charge is 0.251 e. The second-order valence-electron chi connectivity index (χ2n) is 8.61. The molecule has 1 aliphatic heterocycles. The van der Waals surface area contributed by atoms with Crippen LogP contribution in [0.5, 0.6) is 5.75 Å². The van der Waals surface area contributed by atoms with Crippen LogP contribution in [-0.4, -0.2) is 45.5 Å². The average Bonchev–Trinajstić information content (AvgIpc) is 2.86. The Morgan fingerprint density at radius 2 is 1.68 bits per heavy atom. The van der Waals surface area contributed by atoms with Gasteiger partial charge in [-0.1, -0.05) is 48.5 Å². The number of nitrogens with zero attached hydrogens (tertiary/aromatic N) is 1. The highest BCUT2D eigenvalue weighted by Crippen LogP contribution is 2.22. The largest absolute Gasteiger partial charge is 0.496 e. The first-order valence-corrected chi connectivity index (χ1v) is 13.1. The van der Waals surface area contributed by atoms with E-state index in [1.165, 1.54) is 0 Å². The molecule has 0 aromatic heterocycles. The number of sulfone groups is 1. The van der Waals surface area contributed by atoms with E-state index in [9.17, 15) is 13.2 Å². The summed E-state index contributed by atoms with van der Waals surface area (Å²) in [5, 5.41) is 3.12. The van der Waals surface area contributed by atoms with Crippen molar-refractivity contribution in [2.45, 2.75) is 36.1 Å². The summed E-state index contributed by atoms with van der Waals surface area (Å²) in [5.41, 5.74) is 2.25. The topological polar surface area (TPSA) is 75.7 Å². The lowest BCUT2D eigenvalue weighted by Gasteiger charge is -2.32. The Bertz CT molecular complexity index is 1220. The maximum Gasteiger partial charge on any atom is 0.251 e. The third kappa shape index (κ3) is 6.04. The number of ether oxygens (including phenoxy) is 1. The molecule has 3 aromatic carbocycles. The lowest BCUT2D eigenvalue weighted by molar-refractivity contribution is 0.0908. The monoisotopic (exact) mass is 478 g/mol. The summed E-state index contributed by atoms with van der Waals surface area (Å²) in [6, 6.07) is 23.4. The first-order chi connectivity index (χ1) is 16.4. The van der Waals surface area contributed by atoms with Gasteiger partial charge in [0.15, 0.2) is 9.84 Å². The van der Waals surface area contributed by atoms with Gasteiger partial charge >= 0.3 is 0 Å². The number of piperidine rings is 1. The van der Waals surface area contributed by atoms with Gasteiger partial charge in [0, 0.05) is 36.8 Å². The zero-order valence-corrected chi connectivity index (χ0v) is 20.1. The summed E-state index contributed by atoms with van der Waals surface area (Å²) in [6.45, 7) is 2.60. The van der Waals surface area contributed by atoms with E-state index in [-0.39, 0.29) is 22.6 Å². The number of carbonyl (C=O) groups is 1. The van der Waals surface area contributed by atoms with Crippen LogP contribution < -0.4 is 10.1 Å². The molecule has 1 saturated heterocycles. The molecule has 1 fully saturated rings. The van der Waals surface area contributed by atoms with E-state index in [0.717, 1.165) is 43.8 Å². The number of amides is 1.